The summed E-state index contributed by atoms with van der Waals surface area (Å²) in [6.07, 6.45) is -6.48. The fourth-order valence-corrected chi connectivity index (χ4v) is 1.41. The van der Waals surface area contributed by atoms with Gasteiger partial charge in [-0.25, -0.2) is 0 Å². The largest absolute Gasteiger partial charge is 0.504 e. The molecular formula is C10H12F3NO3. The van der Waals surface area contributed by atoms with Crippen LogP contribution in [-0.4, -0.2) is 21.4 Å². The normalized spacial score (nSPS) is 15.6. The molecule has 1 rings (SSSR count). The molecule has 4 nitrogen and oxygen atoms in total. The van der Waals surface area contributed by atoms with Crippen LogP contribution in [0.1, 0.15) is 24.2 Å². The van der Waals surface area contributed by atoms with Crippen molar-refractivity contribution in [3.8, 4) is 11.5 Å². The zero-order chi connectivity index (χ0) is 13.4. The van der Waals surface area contributed by atoms with E-state index in [9.17, 15) is 23.4 Å². The molecule has 5 N–H and O–H groups in total. The maximum absolute atomic E-state index is 12.6. The number of phenolic OH excluding ortho intramolecular Hbond substituents is 2. The number of benzene rings is 1. The lowest BCUT2D eigenvalue weighted by Gasteiger charge is -2.21. The molecular weight excluding hydrogens is 239 g/mol. The second-order valence-electron chi connectivity index (χ2n) is 3.70. The second-order valence-corrected chi connectivity index (χ2v) is 3.70. The van der Waals surface area contributed by atoms with Crippen molar-refractivity contribution in [1.82, 2.24) is 0 Å². The molecule has 0 aliphatic rings. The zero-order valence-electron chi connectivity index (χ0n) is 8.86. The van der Waals surface area contributed by atoms with E-state index in [1.165, 1.54) is 6.92 Å². The molecule has 0 spiro atoms. The molecule has 0 saturated carbocycles. The lowest BCUT2D eigenvalue weighted by atomic mass is 9.96. The summed E-state index contributed by atoms with van der Waals surface area (Å²) < 4.78 is 37.9. The van der Waals surface area contributed by atoms with Gasteiger partial charge in [-0.15, -0.1) is 0 Å². The minimum Gasteiger partial charge on any atom is -0.504 e. The maximum atomic E-state index is 12.6. The van der Waals surface area contributed by atoms with Gasteiger partial charge in [0.2, 0.25) is 0 Å². The number of aliphatic hydroxyl groups excluding tert-OH is 1. The van der Waals surface area contributed by atoms with Crippen LogP contribution in [-0.2, 0) is 6.18 Å². The third-order valence-corrected chi connectivity index (χ3v) is 2.29. The van der Waals surface area contributed by atoms with Crippen LogP contribution in [0.25, 0.3) is 0 Å². The van der Waals surface area contributed by atoms with E-state index in [0.29, 0.717) is 12.1 Å². The smallest absolute Gasteiger partial charge is 0.416 e. The summed E-state index contributed by atoms with van der Waals surface area (Å²) >= 11 is 0. The predicted octanol–water partition coefficient (Wildman–Crippen LogP) is 1.50. The number of aliphatic hydroxyl groups is 1. The van der Waals surface area contributed by atoms with Crippen molar-refractivity contribution >= 4 is 0 Å². The van der Waals surface area contributed by atoms with Gasteiger partial charge in [0.25, 0.3) is 0 Å². The van der Waals surface area contributed by atoms with Gasteiger partial charge in [0, 0.05) is 11.6 Å². The summed E-state index contributed by atoms with van der Waals surface area (Å²) in [6.45, 7) is 1.29. The van der Waals surface area contributed by atoms with Crippen molar-refractivity contribution in [3.05, 3.63) is 23.3 Å². The second kappa shape index (κ2) is 4.42. The molecule has 0 heterocycles. The van der Waals surface area contributed by atoms with Gasteiger partial charge in [-0.05, 0) is 19.1 Å². The number of aromatic hydroxyl groups is 2. The fourth-order valence-electron chi connectivity index (χ4n) is 1.41. The lowest BCUT2D eigenvalue weighted by Crippen LogP contribution is -2.26. The average molecular weight is 251 g/mol. The van der Waals surface area contributed by atoms with Gasteiger partial charge >= 0.3 is 6.18 Å². The van der Waals surface area contributed by atoms with Crippen LogP contribution in [0.3, 0.4) is 0 Å². The molecule has 96 valence electrons. The van der Waals surface area contributed by atoms with E-state index in [1.807, 2.05) is 0 Å². The van der Waals surface area contributed by atoms with Gasteiger partial charge in [0.15, 0.2) is 11.5 Å². The molecule has 0 amide bonds. The van der Waals surface area contributed by atoms with Crippen molar-refractivity contribution in [3.63, 3.8) is 0 Å². The lowest BCUT2D eigenvalue weighted by molar-refractivity contribution is -0.139. The van der Waals surface area contributed by atoms with Crippen LogP contribution in [0.4, 0.5) is 13.2 Å². The number of hydrogen-bond donors (Lipinski definition) is 4. The Balaban J connectivity index is 3.47. The van der Waals surface area contributed by atoms with E-state index in [1.54, 1.807) is 0 Å². The van der Waals surface area contributed by atoms with Gasteiger partial charge in [-0.2, -0.15) is 13.2 Å². The summed E-state index contributed by atoms with van der Waals surface area (Å²) in [4.78, 5) is 0. The van der Waals surface area contributed by atoms with Gasteiger partial charge in [0.1, 0.15) is 0 Å². The van der Waals surface area contributed by atoms with Crippen molar-refractivity contribution in [2.45, 2.75) is 25.2 Å². The first-order valence-electron chi connectivity index (χ1n) is 4.72. The Bertz CT molecular complexity index is 418. The first kappa shape index (κ1) is 13.6. The van der Waals surface area contributed by atoms with E-state index in [2.05, 4.69) is 0 Å². The van der Waals surface area contributed by atoms with E-state index in [-0.39, 0.29) is 0 Å². The molecule has 0 radical (unpaired) electrons. The highest BCUT2D eigenvalue weighted by atomic mass is 19.4. The Labute approximate surface area is 95.1 Å². The maximum Gasteiger partial charge on any atom is 0.416 e. The quantitative estimate of drug-likeness (QED) is 0.600. The van der Waals surface area contributed by atoms with E-state index < -0.39 is 40.9 Å². The Morgan fingerprint density at radius 1 is 1.24 bits per heavy atom. The predicted molar refractivity (Wildman–Crippen MR) is 53.4 cm³/mol. The van der Waals surface area contributed by atoms with E-state index in [4.69, 9.17) is 10.8 Å². The monoisotopic (exact) mass is 251 g/mol. The van der Waals surface area contributed by atoms with Gasteiger partial charge in [0.05, 0.1) is 11.7 Å². The van der Waals surface area contributed by atoms with Crippen LogP contribution in [0.5, 0.6) is 11.5 Å². The van der Waals surface area contributed by atoms with Gasteiger partial charge in [-0.3, -0.25) is 0 Å². The molecule has 0 aromatic heterocycles. The van der Waals surface area contributed by atoms with Crippen molar-refractivity contribution in [2.24, 2.45) is 5.73 Å². The molecule has 17 heavy (non-hydrogen) atoms. The third kappa shape index (κ3) is 2.62. The van der Waals surface area contributed by atoms with E-state index >= 15 is 0 Å². The highest BCUT2D eigenvalue weighted by Gasteiger charge is 2.38. The summed E-state index contributed by atoms with van der Waals surface area (Å²) in [5, 5.41) is 28.1. The standard InChI is InChI=1S/C10H12F3NO3/c1-4(14)8(16)7-5(10(11,12)13)2-3-6(15)9(7)17/h2-4,8,15-17H,14H2,1H3. The molecule has 2 unspecified atom stereocenters. The molecule has 2 atom stereocenters. The van der Waals surface area contributed by atoms with Crippen LogP contribution in [0.15, 0.2) is 12.1 Å². The van der Waals surface area contributed by atoms with E-state index in [0.717, 1.165) is 0 Å². The summed E-state index contributed by atoms with van der Waals surface area (Å²) in [7, 11) is 0. The van der Waals surface area contributed by atoms with Crippen molar-refractivity contribution in [2.75, 3.05) is 0 Å². The molecule has 0 aliphatic heterocycles. The molecule has 0 bridgehead atoms. The molecule has 0 saturated heterocycles. The Morgan fingerprint density at radius 2 is 1.76 bits per heavy atom. The summed E-state index contributed by atoms with van der Waals surface area (Å²) in [5.74, 6) is -1.75. The minimum absolute atomic E-state index is 0.579. The minimum atomic E-state index is -4.75. The highest BCUT2D eigenvalue weighted by Crippen LogP contribution is 2.43. The number of halogens is 3. The van der Waals surface area contributed by atoms with Crippen molar-refractivity contribution < 1.29 is 28.5 Å². The van der Waals surface area contributed by atoms with Crippen LogP contribution < -0.4 is 5.73 Å². The van der Waals surface area contributed by atoms with Crippen LogP contribution in [0.2, 0.25) is 0 Å². The number of alkyl halides is 3. The van der Waals surface area contributed by atoms with Gasteiger partial charge in [-0.1, -0.05) is 0 Å². The Hall–Kier alpha value is -1.47. The molecule has 1 aromatic carbocycles. The number of phenols is 2. The highest BCUT2D eigenvalue weighted by molar-refractivity contribution is 5.51. The van der Waals surface area contributed by atoms with Gasteiger partial charge < -0.3 is 21.1 Å². The molecule has 7 heteroatoms. The first-order valence-corrected chi connectivity index (χ1v) is 4.72. The van der Waals surface area contributed by atoms with Crippen molar-refractivity contribution in [1.29, 1.82) is 0 Å². The average Bonchev–Trinajstić information content (AvgIpc) is 2.19. The Kier molecular flexibility index (Phi) is 3.53. The molecule has 1 aromatic rings. The summed E-state index contributed by atoms with van der Waals surface area (Å²) in [5.41, 5.74) is 3.25. The number of hydrogen-bond acceptors (Lipinski definition) is 4. The number of rotatable bonds is 2. The zero-order valence-corrected chi connectivity index (χ0v) is 8.86. The fraction of sp³-hybridized carbons (Fsp3) is 0.400. The summed E-state index contributed by atoms with van der Waals surface area (Å²) in [6, 6.07) is 0.259. The van der Waals surface area contributed by atoms with Crippen LogP contribution >= 0.6 is 0 Å². The first-order chi connectivity index (χ1) is 7.66. The number of nitrogens with two attached hydrogens (primary N) is 1. The topological polar surface area (TPSA) is 86.7 Å². The molecule has 0 fully saturated rings. The van der Waals surface area contributed by atoms with Crippen LogP contribution in [0, 0.1) is 0 Å². The Morgan fingerprint density at radius 3 is 2.18 bits per heavy atom. The molecule has 0 aliphatic carbocycles. The third-order valence-electron chi connectivity index (χ3n) is 2.29. The SMILES string of the molecule is CC(N)C(O)c1c(C(F)(F)F)ccc(O)c1O.